The maximum Gasteiger partial charge on any atom is 0.417 e. The molecule has 0 bridgehead atoms. The third kappa shape index (κ3) is 3.23. The van der Waals surface area contributed by atoms with Crippen molar-refractivity contribution in [1.29, 1.82) is 0 Å². The monoisotopic (exact) mass is 339 g/mol. The summed E-state index contributed by atoms with van der Waals surface area (Å²) in [7, 11) is 0. The highest BCUT2D eigenvalue weighted by atomic mass is 16.4. The number of fused-ring (bicyclic) bond motifs is 1. The first-order chi connectivity index (χ1) is 12.2. The minimum absolute atomic E-state index is 0.0502. The maximum absolute atomic E-state index is 12.6. The van der Waals surface area contributed by atoms with Crippen LogP contribution < -0.4 is 16.0 Å². The summed E-state index contributed by atoms with van der Waals surface area (Å²) < 4.78 is 4.96. The van der Waals surface area contributed by atoms with Crippen molar-refractivity contribution in [2.75, 3.05) is 23.3 Å². The van der Waals surface area contributed by atoms with Gasteiger partial charge in [-0.1, -0.05) is 0 Å². The van der Waals surface area contributed by atoms with Gasteiger partial charge in [-0.05, 0) is 37.1 Å². The quantitative estimate of drug-likeness (QED) is 0.753. The highest BCUT2D eigenvalue weighted by Crippen LogP contribution is 2.22. The number of aromatic amines is 1. The zero-order valence-electron chi connectivity index (χ0n) is 13.4. The molecular weight excluding hydrogens is 322 g/mol. The second-order valence-corrected chi connectivity index (χ2v) is 6.05. The fourth-order valence-corrected chi connectivity index (χ4v) is 3.10. The van der Waals surface area contributed by atoms with E-state index in [1.54, 1.807) is 36.7 Å². The Labute approximate surface area is 142 Å². The average Bonchev–Trinajstić information content (AvgIpc) is 3.02. The average molecular weight is 339 g/mol. The number of hydrogen-bond donors (Lipinski definition) is 2. The molecule has 1 aliphatic rings. The van der Waals surface area contributed by atoms with Gasteiger partial charge in [0, 0.05) is 31.2 Å². The Balaban J connectivity index is 1.47. The standard InChI is InChI=1S/C17H17N5O3/c23-15(20-12-4-5-14-13(9-12)21-17(24)25-14)11-3-1-8-22(10-11)16-18-6-2-7-19-16/h2,4-7,9,11H,1,3,8,10H2,(H,20,23)(H,21,24). The van der Waals surface area contributed by atoms with E-state index in [9.17, 15) is 9.59 Å². The first-order valence-electron chi connectivity index (χ1n) is 8.15. The van der Waals surface area contributed by atoms with E-state index in [-0.39, 0.29) is 11.8 Å². The summed E-state index contributed by atoms with van der Waals surface area (Å²) in [6.45, 7) is 1.43. The Morgan fingerprint density at radius 3 is 3.00 bits per heavy atom. The Hall–Kier alpha value is -3.16. The summed E-state index contributed by atoms with van der Waals surface area (Å²) in [5, 5.41) is 2.91. The fraction of sp³-hybridized carbons (Fsp3) is 0.294. The van der Waals surface area contributed by atoms with Crippen molar-refractivity contribution in [3.63, 3.8) is 0 Å². The predicted octanol–water partition coefficient (Wildman–Crippen LogP) is 1.77. The summed E-state index contributed by atoms with van der Waals surface area (Å²) in [5.41, 5.74) is 1.65. The van der Waals surface area contributed by atoms with Gasteiger partial charge in [-0.15, -0.1) is 0 Å². The molecule has 0 spiro atoms. The van der Waals surface area contributed by atoms with Crippen molar-refractivity contribution in [2.45, 2.75) is 12.8 Å². The number of rotatable bonds is 3. The molecule has 3 aromatic rings. The van der Waals surface area contributed by atoms with Crippen molar-refractivity contribution < 1.29 is 9.21 Å². The van der Waals surface area contributed by atoms with Crippen molar-refractivity contribution in [1.82, 2.24) is 15.0 Å². The molecule has 0 aliphatic carbocycles. The zero-order chi connectivity index (χ0) is 17.2. The van der Waals surface area contributed by atoms with Crippen LogP contribution in [0.3, 0.4) is 0 Å². The smallest absolute Gasteiger partial charge is 0.408 e. The minimum Gasteiger partial charge on any atom is -0.408 e. The van der Waals surface area contributed by atoms with E-state index in [4.69, 9.17) is 4.42 Å². The Morgan fingerprint density at radius 2 is 2.16 bits per heavy atom. The largest absolute Gasteiger partial charge is 0.417 e. The van der Waals surface area contributed by atoms with Gasteiger partial charge in [0.25, 0.3) is 0 Å². The molecule has 0 radical (unpaired) electrons. The van der Waals surface area contributed by atoms with E-state index in [1.807, 2.05) is 4.90 Å². The third-order valence-electron chi connectivity index (χ3n) is 4.31. The Kier molecular flexibility index (Phi) is 3.93. The molecule has 1 atom stereocenters. The van der Waals surface area contributed by atoms with Crippen LogP contribution in [0.2, 0.25) is 0 Å². The summed E-state index contributed by atoms with van der Waals surface area (Å²) in [6, 6.07) is 6.85. The number of nitrogens with zero attached hydrogens (tertiary/aromatic N) is 3. The van der Waals surface area contributed by atoms with E-state index < -0.39 is 5.76 Å². The molecule has 25 heavy (non-hydrogen) atoms. The van der Waals surface area contributed by atoms with Crippen molar-refractivity contribution in [2.24, 2.45) is 5.92 Å². The van der Waals surface area contributed by atoms with Gasteiger partial charge in [-0.2, -0.15) is 0 Å². The van der Waals surface area contributed by atoms with Gasteiger partial charge in [-0.25, -0.2) is 14.8 Å². The van der Waals surface area contributed by atoms with Crippen LogP contribution in [-0.4, -0.2) is 33.9 Å². The third-order valence-corrected chi connectivity index (χ3v) is 4.31. The normalized spacial score (nSPS) is 17.6. The second-order valence-electron chi connectivity index (χ2n) is 6.05. The Bertz CT molecular complexity index is 950. The van der Waals surface area contributed by atoms with Gasteiger partial charge < -0.3 is 14.6 Å². The van der Waals surface area contributed by atoms with Gasteiger partial charge in [0.1, 0.15) is 0 Å². The first kappa shape index (κ1) is 15.4. The minimum atomic E-state index is -0.510. The lowest BCUT2D eigenvalue weighted by molar-refractivity contribution is -0.120. The molecule has 1 amide bonds. The lowest BCUT2D eigenvalue weighted by Crippen LogP contribution is -2.41. The summed E-state index contributed by atoms with van der Waals surface area (Å²) >= 11 is 0. The second kappa shape index (κ2) is 6.39. The number of benzene rings is 1. The van der Waals surface area contributed by atoms with Gasteiger partial charge in [0.05, 0.1) is 11.4 Å². The van der Waals surface area contributed by atoms with Gasteiger partial charge in [-0.3, -0.25) is 9.78 Å². The number of aromatic nitrogens is 3. The van der Waals surface area contributed by atoms with E-state index in [1.165, 1.54) is 0 Å². The van der Waals surface area contributed by atoms with Gasteiger partial charge in [0.2, 0.25) is 11.9 Å². The lowest BCUT2D eigenvalue weighted by atomic mass is 9.97. The molecule has 1 unspecified atom stereocenters. The molecule has 0 saturated carbocycles. The number of hydrogen-bond acceptors (Lipinski definition) is 6. The molecule has 8 heteroatoms. The highest BCUT2D eigenvalue weighted by molar-refractivity contribution is 5.94. The van der Waals surface area contributed by atoms with E-state index in [2.05, 4.69) is 20.3 Å². The summed E-state index contributed by atoms with van der Waals surface area (Å²) in [6.07, 6.45) is 5.13. The van der Waals surface area contributed by atoms with Crippen molar-refractivity contribution in [3.05, 3.63) is 47.2 Å². The number of amides is 1. The van der Waals surface area contributed by atoms with E-state index in [0.29, 0.717) is 29.3 Å². The van der Waals surface area contributed by atoms with Crippen LogP contribution in [0.4, 0.5) is 11.6 Å². The van der Waals surface area contributed by atoms with Crippen LogP contribution in [0.25, 0.3) is 11.1 Å². The summed E-state index contributed by atoms with van der Waals surface area (Å²) in [5.74, 6) is -0.0517. The van der Waals surface area contributed by atoms with Crippen LogP contribution in [-0.2, 0) is 4.79 Å². The summed E-state index contributed by atoms with van der Waals surface area (Å²) in [4.78, 5) is 37.0. The van der Waals surface area contributed by atoms with Gasteiger partial charge in [0.15, 0.2) is 5.58 Å². The number of H-pyrrole nitrogens is 1. The zero-order valence-corrected chi connectivity index (χ0v) is 13.4. The number of carbonyl (C=O) groups is 1. The molecule has 1 fully saturated rings. The lowest BCUT2D eigenvalue weighted by Gasteiger charge is -2.31. The maximum atomic E-state index is 12.6. The number of anilines is 2. The topological polar surface area (TPSA) is 104 Å². The molecule has 4 rings (SSSR count). The number of piperidine rings is 1. The van der Waals surface area contributed by atoms with Crippen LogP contribution in [0.15, 0.2) is 45.9 Å². The molecule has 1 saturated heterocycles. The van der Waals surface area contributed by atoms with Crippen molar-refractivity contribution in [3.8, 4) is 0 Å². The van der Waals surface area contributed by atoms with Crippen LogP contribution in [0.5, 0.6) is 0 Å². The number of oxazole rings is 1. The SMILES string of the molecule is O=C(Nc1ccc2oc(=O)[nH]c2c1)C1CCCN(c2ncccn2)C1. The molecule has 1 aliphatic heterocycles. The van der Waals surface area contributed by atoms with E-state index in [0.717, 1.165) is 19.4 Å². The van der Waals surface area contributed by atoms with Crippen LogP contribution in [0, 0.1) is 5.92 Å². The highest BCUT2D eigenvalue weighted by Gasteiger charge is 2.27. The number of carbonyl (C=O) groups excluding carboxylic acids is 1. The van der Waals surface area contributed by atoms with Crippen LogP contribution >= 0.6 is 0 Å². The fourth-order valence-electron chi connectivity index (χ4n) is 3.10. The molecule has 2 aromatic heterocycles. The molecular formula is C17H17N5O3. The van der Waals surface area contributed by atoms with E-state index >= 15 is 0 Å². The predicted molar refractivity (Wildman–Crippen MR) is 92.4 cm³/mol. The molecule has 3 heterocycles. The number of nitrogens with one attached hydrogen (secondary N) is 2. The molecule has 1 aromatic carbocycles. The molecule has 128 valence electrons. The molecule has 8 nitrogen and oxygen atoms in total. The van der Waals surface area contributed by atoms with Crippen molar-refractivity contribution >= 4 is 28.6 Å². The van der Waals surface area contributed by atoms with Gasteiger partial charge >= 0.3 is 5.76 Å². The first-order valence-corrected chi connectivity index (χ1v) is 8.15. The molecule has 2 N–H and O–H groups in total. The Morgan fingerprint density at radius 1 is 1.32 bits per heavy atom. The van der Waals surface area contributed by atoms with Crippen LogP contribution in [0.1, 0.15) is 12.8 Å².